The van der Waals surface area contributed by atoms with Gasteiger partial charge in [-0.05, 0) is 12.8 Å². The Morgan fingerprint density at radius 1 is 1.38 bits per heavy atom. The van der Waals surface area contributed by atoms with Crippen molar-refractivity contribution in [3.63, 3.8) is 0 Å². The molecule has 5 heteroatoms. The molecule has 0 amide bonds. The molecule has 1 aliphatic rings. The van der Waals surface area contributed by atoms with E-state index in [1.165, 1.54) is 25.7 Å². The van der Waals surface area contributed by atoms with Crippen LogP contribution in [0.3, 0.4) is 0 Å². The lowest BCUT2D eigenvalue weighted by Gasteiger charge is -2.01. The number of hydrogen-bond donors (Lipinski definition) is 1. The van der Waals surface area contributed by atoms with Crippen molar-refractivity contribution in [1.82, 2.24) is 24.7 Å². The summed E-state index contributed by atoms with van der Waals surface area (Å²) in [7, 11) is 1.95. The van der Waals surface area contributed by atoms with E-state index in [-0.39, 0.29) is 0 Å². The fourth-order valence-corrected chi connectivity index (χ4v) is 2.34. The van der Waals surface area contributed by atoms with Gasteiger partial charge in [0.2, 0.25) is 0 Å². The highest BCUT2D eigenvalue weighted by molar-refractivity contribution is 5.47. The smallest absolute Gasteiger partial charge is 0.199 e. The van der Waals surface area contributed by atoms with Crippen molar-refractivity contribution in [1.29, 1.82) is 0 Å². The summed E-state index contributed by atoms with van der Waals surface area (Å²) in [6, 6.07) is 0. The topological polar surface area (TPSA) is 59.4 Å². The summed E-state index contributed by atoms with van der Waals surface area (Å²) in [5.41, 5.74) is 0.959. The number of nitrogens with zero attached hydrogens (tertiary/aromatic N) is 4. The Morgan fingerprint density at radius 2 is 2.19 bits per heavy atom. The van der Waals surface area contributed by atoms with E-state index in [0.717, 1.165) is 17.3 Å². The number of aryl methyl sites for hydroxylation is 1. The van der Waals surface area contributed by atoms with Crippen LogP contribution in [0.15, 0.2) is 12.5 Å². The highest BCUT2D eigenvalue weighted by Crippen LogP contribution is 2.32. The van der Waals surface area contributed by atoms with Crippen molar-refractivity contribution >= 4 is 0 Å². The second kappa shape index (κ2) is 3.73. The third-order valence-electron chi connectivity index (χ3n) is 3.29. The van der Waals surface area contributed by atoms with Gasteiger partial charge in [0.1, 0.15) is 11.5 Å². The molecular formula is C11H15N5. The van der Waals surface area contributed by atoms with E-state index in [2.05, 4.69) is 20.2 Å². The van der Waals surface area contributed by atoms with E-state index in [4.69, 9.17) is 0 Å². The second-order valence-electron chi connectivity index (χ2n) is 4.42. The molecule has 1 fully saturated rings. The van der Waals surface area contributed by atoms with Crippen molar-refractivity contribution in [2.45, 2.75) is 31.6 Å². The van der Waals surface area contributed by atoms with Crippen LogP contribution in [0.1, 0.15) is 37.4 Å². The Morgan fingerprint density at radius 3 is 2.88 bits per heavy atom. The van der Waals surface area contributed by atoms with Crippen LogP contribution in [0.2, 0.25) is 0 Å². The number of aromatic nitrogens is 5. The Kier molecular flexibility index (Phi) is 2.23. The lowest BCUT2D eigenvalue weighted by molar-refractivity contribution is 0.672. The van der Waals surface area contributed by atoms with E-state index in [9.17, 15) is 0 Å². The van der Waals surface area contributed by atoms with Crippen molar-refractivity contribution < 1.29 is 0 Å². The van der Waals surface area contributed by atoms with Crippen LogP contribution in [0, 0.1) is 0 Å². The molecule has 84 valence electrons. The van der Waals surface area contributed by atoms with Gasteiger partial charge in [-0.25, -0.2) is 9.97 Å². The van der Waals surface area contributed by atoms with Gasteiger partial charge < -0.3 is 4.57 Å². The first-order chi connectivity index (χ1) is 7.84. The Hall–Kier alpha value is -1.65. The SMILES string of the molecule is Cn1cncc1-c1n[nH]c(C2CCCC2)n1. The van der Waals surface area contributed by atoms with Crippen LogP contribution < -0.4 is 0 Å². The third kappa shape index (κ3) is 1.52. The fraction of sp³-hybridized carbons (Fsp3) is 0.545. The average Bonchev–Trinajstić information content (AvgIpc) is 2.96. The van der Waals surface area contributed by atoms with Crippen LogP contribution in [0.25, 0.3) is 11.5 Å². The number of imidazole rings is 1. The molecule has 3 rings (SSSR count). The van der Waals surface area contributed by atoms with Crippen molar-refractivity contribution in [2.75, 3.05) is 0 Å². The van der Waals surface area contributed by atoms with E-state index >= 15 is 0 Å². The predicted molar refractivity (Wildman–Crippen MR) is 59.8 cm³/mol. The molecule has 5 nitrogen and oxygen atoms in total. The Bertz CT molecular complexity index is 478. The third-order valence-corrected chi connectivity index (χ3v) is 3.29. The van der Waals surface area contributed by atoms with E-state index in [1.54, 1.807) is 12.5 Å². The molecule has 1 saturated carbocycles. The molecule has 2 aromatic heterocycles. The highest BCUT2D eigenvalue weighted by Gasteiger charge is 2.21. The monoisotopic (exact) mass is 217 g/mol. The molecule has 0 atom stereocenters. The van der Waals surface area contributed by atoms with Crippen molar-refractivity contribution in [3.05, 3.63) is 18.3 Å². The van der Waals surface area contributed by atoms with Crippen LogP contribution in [-0.2, 0) is 7.05 Å². The Balaban J connectivity index is 1.90. The summed E-state index contributed by atoms with van der Waals surface area (Å²) >= 11 is 0. The molecule has 0 saturated heterocycles. The normalized spacial score (nSPS) is 17.1. The number of hydrogen-bond acceptors (Lipinski definition) is 3. The standard InChI is InChI=1S/C11H15N5/c1-16-7-12-6-9(16)11-13-10(14-15-11)8-4-2-3-5-8/h6-8H,2-5H2,1H3,(H,13,14,15). The second-order valence-corrected chi connectivity index (χ2v) is 4.42. The molecule has 1 aliphatic carbocycles. The van der Waals surface area contributed by atoms with Crippen LogP contribution >= 0.6 is 0 Å². The minimum absolute atomic E-state index is 0.578. The van der Waals surface area contributed by atoms with Gasteiger partial charge in [0, 0.05) is 13.0 Å². The maximum Gasteiger partial charge on any atom is 0.199 e. The molecule has 0 aliphatic heterocycles. The summed E-state index contributed by atoms with van der Waals surface area (Å²) < 4.78 is 1.93. The van der Waals surface area contributed by atoms with E-state index in [0.29, 0.717) is 5.92 Å². The molecule has 1 N–H and O–H groups in total. The van der Waals surface area contributed by atoms with Crippen LogP contribution in [0.5, 0.6) is 0 Å². The van der Waals surface area contributed by atoms with Crippen LogP contribution in [-0.4, -0.2) is 24.7 Å². The predicted octanol–water partition coefficient (Wildman–Crippen LogP) is 1.86. The summed E-state index contributed by atoms with van der Waals surface area (Å²) in [4.78, 5) is 8.64. The number of aromatic amines is 1. The minimum Gasteiger partial charge on any atom is -0.331 e. The van der Waals surface area contributed by atoms with Gasteiger partial charge in [0.15, 0.2) is 5.82 Å². The van der Waals surface area contributed by atoms with Gasteiger partial charge in [-0.15, -0.1) is 0 Å². The average molecular weight is 217 g/mol. The lowest BCUT2D eigenvalue weighted by atomic mass is 10.1. The quantitative estimate of drug-likeness (QED) is 0.835. The van der Waals surface area contributed by atoms with Crippen LogP contribution in [0.4, 0.5) is 0 Å². The number of nitrogens with one attached hydrogen (secondary N) is 1. The molecule has 2 heterocycles. The summed E-state index contributed by atoms with van der Waals surface area (Å²) in [5.74, 6) is 2.37. The Labute approximate surface area is 93.9 Å². The molecule has 2 aromatic rings. The highest BCUT2D eigenvalue weighted by atomic mass is 15.2. The van der Waals surface area contributed by atoms with E-state index < -0.39 is 0 Å². The molecular weight excluding hydrogens is 202 g/mol. The first-order valence-electron chi connectivity index (χ1n) is 5.73. The number of H-pyrrole nitrogens is 1. The van der Waals surface area contributed by atoms with Gasteiger partial charge in [-0.1, -0.05) is 12.8 Å². The maximum absolute atomic E-state index is 4.57. The molecule has 0 spiro atoms. The largest absolute Gasteiger partial charge is 0.331 e. The molecule has 0 unspecified atom stereocenters. The molecule has 0 radical (unpaired) electrons. The zero-order chi connectivity index (χ0) is 11.0. The zero-order valence-electron chi connectivity index (χ0n) is 9.35. The van der Waals surface area contributed by atoms with Gasteiger partial charge >= 0.3 is 0 Å². The molecule has 0 bridgehead atoms. The molecule has 0 aromatic carbocycles. The zero-order valence-corrected chi connectivity index (χ0v) is 9.35. The van der Waals surface area contributed by atoms with Crippen molar-refractivity contribution in [3.8, 4) is 11.5 Å². The van der Waals surface area contributed by atoms with Gasteiger partial charge in [-0.3, -0.25) is 5.10 Å². The van der Waals surface area contributed by atoms with Gasteiger partial charge in [0.25, 0.3) is 0 Å². The minimum atomic E-state index is 0.578. The number of rotatable bonds is 2. The van der Waals surface area contributed by atoms with E-state index in [1.807, 2.05) is 11.6 Å². The molecule has 16 heavy (non-hydrogen) atoms. The first-order valence-corrected chi connectivity index (χ1v) is 5.73. The summed E-state index contributed by atoms with van der Waals surface area (Å²) in [6.45, 7) is 0. The van der Waals surface area contributed by atoms with Crippen molar-refractivity contribution in [2.24, 2.45) is 7.05 Å². The summed E-state index contributed by atoms with van der Waals surface area (Å²) in [5, 5.41) is 7.33. The van der Waals surface area contributed by atoms with Gasteiger partial charge in [-0.2, -0.15) is 5.10 Å². The maximum atomic E-state index is 4.57. The van der Waals surface area contributed by atoms with Gasteiger partial charge in [0.05, 0.1) is 12.5 Å². The first kappa shape index (κ1) is 9.57. The fourth-order valence-electron chi connectivity index (χ4n) is 2.34. The summed E-state index contributed by atoms with van der Waals surface area (Å²) in [6.07, 6.45) is 8.65. The lowest BCUT2D eigenvalue weighted by Crippen LogP contribution is -1.95.